The van der Waals surface area contributed by atoms with Gasteiger partial charge >= 0.3 is 0 Å². The third-order valence-corrected chi connectivity index (χ3v) is 7.47. The van der Waals surface area contributed by atoms with Crippen molar-refractivity contribution in [3.63, 3.8) is 0 Å². The number of hydrogen-bond acceptors (Lipinski definition) is 7. The number of nitrogens with one attached hydrogen (secondary N) is 1. The van der Waals surface area contributed by atoms with E-state index in [1.165, 1.54) is 9.21 Å². The highest BCUT2D eigenvalue weighted by Crippen LogP contribution is 2.24. The SMILES string of the molecule is C[C@H]1C[NH+](Cn2nc(-c3cccc(S(=O)(=O)N4CCOCC4)c3)oc2=S)C[C@H](C)O1. The first-order valence-corrected chi connectivity index (χ1v) is 11.9. The van der Waals surface area contributed by atoms with Gasteiger partial charge in [-0.2, -0.15) is 8.99 Å². The van der Waals surface area contributed by atoms with E-state index in [0.29, 0.717) is 44.4 Å². The van der Waals surface area contributed by atoms with Crippen LogP contribution in [0.1, 0.15) is 13.8 Å². The topological polar surface area (TPSA) is 91.2 Å². The maximum absolute atomic E-state index is 12.9. The van der Waals surface area contributed by atoms with E-state index in [2.05, 4.69) is 18.9 Å². The van der Waals surface area contributed by atoms with E-state index in [1.54, 1.807) is 28.9 Å². The molecule has 0 bridgehead atoms. The van der Waals surface area contributed by atoms with Crippen molar-refractivity contribution in [3.8, 4) is 11.5 Å². The summed E-state index contributed by atoms with van der Waals surface area (Å²) in [7, 11) is -3.60. The first-order chi connectivity index (χ1) is 14.3. The van der Waals surface area contributed by atoms with Crippen LogP contribution in [0, 0.1) is 4.84 Å². The lowest BCUT2D eigenvalue weighted by Gasteiger charge is -2.31. The highest BCUT2D eigenvalue weighted by molar-refractivity contribution is 7.89. The van der Waals surface area contributed by atoms with Gasteiger partial charge in [0.1, 0.15) is 25.3 Å². The quantitative estimate of drug-likeness (QED) is 0.658. The minimum absolute atomic E-state index is 0.173. The third kappa shape index (κ3) is 4.66. The van der Waals surface area contributed by atoms with Gasteiger partial charge in [0.2, 0.25) is 15.9 Å². The smallest absolute Gasteiger partial charge is 0.292 e. The molecule has 1 N–H and O–H groups in total. The zero-order valence-corrected chi connectivity index (χ0v) is 18.7. The van der Waals surface area contributed by atoms with Gasteiger partial charge in [-0.25, -0.2) is 8.42 Å². The fourth-order valence-electron chi connectivity index (χ4n) is 3.98. The van der Waals surface area contributed by atoms with Gasteiger partial charge in [0, 0.05) is 18.7 Å². The van der Waals surface area contributed by atoms with Crippen molar-refractivity contribution in [2.75, 3.05) is 39.4 Å². The van der Waals surface area contributed by atoms with Crippen LogP contribution in [-0.2, 0) is 26.2 Å². The Labute approximate surface area is 181 Å². The summed E-state index contributed by atoms with van der Waals surface area (Å²) >= 11 is 5.36. The number of hydrogen-bond donors (Lipinski definition) is 1. The Morgan fingerprint density at radius 3 is 2.60 bits per heavy atom. The average Bonchev–Trinajstić information content (AvgIpc) is 3.08. The van der Waals surface area contributed by atoms with Crippen molar-refractivity contribution < 1.29 is 27.2 Å². The Balaban J connectivity index is 1.56. The van der Waals surface area contributed by atoms with Gasteiger partial charge in [-0.1, -0.05) is 6.07 Å². The monoisotopic (exact) mass is 455 g/mol. The minimum Gasteiger partial charge on any atom is -0.409 e. The molecule has 0 spiro atoms. The summed E-state index contributed by atoms with van der Waals surface area (Å²) in [5.74, 6) is 0.313. The molecule has 0 unspecified atom stereocenters. The van der Waals surface area contributed by atoms with Crippen molar-refractivity contribution in [2.24, 2.45) is 0 Å². The summed E-state index contributed by atoms with van der Waals surface area (Å²) in [5.41, 5.74) is 0.577. The molecule has 0 aliphatic carbocycles. The third-order valence-electron chi connectivity index (χ3n) is 5.29. The zero-order chi connectivity index (χ0) is 21.3. The Kier molecular flexibility index (Phi) is 6.37. The van der Waals surface area contributed by atoms with Crippen LogP contribution >= 0.6 is 12.2 Å². The molecule has 1 aromatic carbocycles. The van der Waals surface area contributed by atoms with E-state index in [9.17, 15) is 8.42 Å². The second-order valence-electron chi connectivity index (χ2n) is 7.79. The molecule has 9 nitrogen and oxygen atoms in total. The molecule has 3 heterocycles. The van der Waals surface area contributed by atoms with Crippen LogP contribution in [0.15, 0.2) is 33.6 Å². The average molecular weight is 456 g/mol. The van der Waals surface area contributed by atoms with Crippen LogP contribution in [0.5, 0.6) is 0 Å². The molecule has 2 saturated heterocycles. The number of ether oxygens (including phenoxy) is 2. The van der Waals surface area contributed by atoms with Gasteiger partial charge in [-0.15, -0.1) is 5.10 Å². The van der Waals surface area contributed by atoms with E-state index >= 15 is 0 Å². The largest absolute Gasteiger partial charge is 0.409 e. The number of rotatable bonds is 5. The fraction of sp³-hybridized carbons (Fsp3) is 0.579. The zero-order valence-electron chi connectivity index (χ0n) is 17.1. The highest BCUT2D eigenvalue weighted by Gasteiger charge is 2.28. The maximum Gasteiger partial charge on any atom is 0.292 e. The molecule has 1 aromatic heterocycles. The number of benzene rings is 1. The number of nitrogens with zero attached hydrogens (tertiary/aromatic N) is 3. The highest BCUT2D eigenvalue weighted by atomic mass is 32.2. The summed E-state index contributed by atoms with van der Waals surface area (Å²) in [5, 5.41) is 4.52. The van der Waals surface area contributed by atoms with E-state index in [1.807, 2.05) is 0 Å². The van der Waals surface area contributed by atoms with Crippen molar-refractivity contribution in [1.82, 2.24) is 14.1 Å². The summed E-state index contributed by atoms with van der Waals surface area (Å²) in [6.07, 6.45) is 0.345. The van der Waals surface area contributed by atoms with Gasteiger partial charge in [0.15, 0.2) is 6.67 Å². The van der Waals surface area contributed by atoms with Crippen molar-refractivity contribution in [3.05, 3.63) is 29.1 Å². The number of sulfonamides is 1. The molecule has 2 atom stereocenters. The van der Waals surface area contributed by atoms with Crippen molar-refractivity contribution in [1.29, 1.82) is 0 Å². The Bertz CT molecular complexity index is 1040. The first-order valence-electron chi connectivity index (χ1n) is 10.1. The molecule has 0 radical (unpaired) electrons. The standard InChI is InChI=1S/C19H26N4O5S2/c1-14-11-21(12-15(2)27-14)13-23-19(29)28-18(20-23)16-4-3-5-17(10-16)30(24,25)22-6-8-26-9-7-22/h3-5,10,14-15H,6-9,11-13H2,1-2H3/p+1/t14-,15-/m0/s1. The molecule has 2 aromatic rings. The molecule has 2 fully saturated rings. The lowest BCUT2D eigenvalue weighted by Crippen LogP contribution is -3.14. The molecule has 0 saturated carbocycles. The lowest BCUT2D eigenvalue weighted by atomic mass is 10.2. The predicted octanol–water partition coefficient (Wildman–Crippen LogP) is 0.543. The Hall–Kier alpha value is -1.63. The van der Waals surface area contributed by atoms with Gasteiger partial charge in [0.25, 0.3) is 4.84 Å². The van der Waals surface area contributed by atoms with Crippen LogP contribution in [0.3, 0.4) is 0 Å². The van der Waals surface area contributed by atoms with Crippen LogP contribution in [0.2, 0.25) is 0 Å². The molecule has 4 rings (SSSR count). The van der Waals surface area contributed by atoms with Crippen LogP contribution in [0.4, 0.5) is 0 Å². The van der Waals surface area contributed by atoms with E-state index < -0.39 is 10.0 Å². The Morgan fingerprint density at radius 1 is 1.20 bits per heavy atom. The summed E-state index contributed by atoms with van der Waals surface area (Å²) in [4.78, 5) is 1.78. The van der Waals surface area contributed by atoms with Crippen LogP contribution < -0.4 is 4.90 Å². The summed E-state index contributed by atoms with van der Waals surface area (Å²) < 4.78 is 45.7. The van der Waals surface area contributed by atoms with E-state index in [4.69, 9.17) is 26.1 Å². The van der Waals surface area contributed by atoms with Gasteiger partial charge in [-0.05, 0) is 44.3 Å². The summed E-state index contributed by atoms with van der Waals surface area (Å²) in [6.45, 7) is 7.92. The molecule has 30 heavy (non-hydrogen) atoms. The van der Waals surface area contributed by atoms with E-state index in [-0.39, 0.29) is 21.9 Å². The van der Waals surface area contributed by atoms with Crippen LogP contribution in [-0.4, -0.2) is 74.1 Å². The number of aromatic nitrogens is 2. The molecular formula is C19H27N4O5S2+. The number of morpholine rings is 2. The normalized spacial score (nSPS) is 26.0. The summed E-state index contributed by atoms with van der Waals surface area (Å²) in [6, 6.07) is 6.63. The van der Waals surface area contributed by atoms with Crippen molar-refractivity contribution in [2.45, 2.75) is 37.6 Å². The molecule has 2 aliphatic heterocycles. The first kappa shape index (κ1) is 21.6. The van der Waals surface area contributed by atoms with Crippen LogP contribution in [0.25, 0.3) is 11.5 Å². The molecule has 164 valence electrons. The Morgan fingerprint density at radius 2 is 1.90 bits per heavy atom. The fourth-order valence-corrected chi connectivity index (χ4v) is 5.62. The predicted molar refractivity (Wildman–Crippen MR) is 111 cm³/mol. The van der Waals surface area contributed by atoms with Gasteiger partial charge in [0.05, 0.1) is 18.1 Å². The number of quaternary nitrogens is 1. The van der Waals surface area contributed by atoms with Gasteiger partial charge in [-0.3, -0.25) is 0 Å². The molecule has 0 amide bonds. The second kappa shape index (κ2) is 8.85. The molecule has 2 aliphatic rings. The van der Waals surface area contributed by atoms with E-state index in [0.717, 1.165) is 13.1 Å². The second-order valence-corrected chi connectivity index (χ2v) is 10.1. The maximum atomic E-state index is 12.9. The van der Waals surface area contributed by atoms with Crippen molar-refractivity contribution >= 4 is 22.2 Å². The minimum atomic E-state index is -3.60. The molecule has 11 heteroatoms. The molecular weight excluding hydrogens is 428 g/mol. The lowest BCUT2D eigenvalue weighted by molar-refractivity contribution is -0.937. The van der Waals surface area contributed by atoms with Gasteiger partial charge < -0.3 is 18.8 Å².